The molecule has 1 fully saturated rings. The lowest BCUT2D eigenvalue weighted by Gasteiger charge is -2.30. The number of aryl methyl sites for hydroxylation is 2. The summed E-state index contributed by atoms with van der Waals surface area (Å²) in [5, 5.41) is 23.0. The van der Waals surface area contributed by atoms with Crippen LogP contribution in [0.1, 0.15) is 97.4 Å². The van der Waals surface area contributed by atoms with Gasteiger partial charge in [0.2, 0.25) is 17.7 Å². The highest BCUT2D eigenvalue weighted by Crippen LogP contribution is 2.33. The summed E-state index contributed by atoms with van der Waals surface area (Å²) in [4.78, 5) is 66.2. The molecule has 4 atom stereocenters. The van der Waals surface area contributed by atoms with Crippen molar-refractivity contribution in [3.63, 3.8) is 0 Å². The zero-order valence-electron chi connectivity index (χ0n) is 39.9. The Bertz CT molecular complexity index is 2580. The maximum atomic E-state index is 14.7. The molecule has 5 aromatic rings. The van der Waals surface area contributed by atoms with Gasteiger partial charge in [-0.25, -0.2) is 23.6 Å². The van der Waals surface area contributed by atoms with E-state index in [9.17, 15) is 37.5 Å². The topological polar surface area (TPSA) is 206 Å². The van der Waals surface area contributed by atoms with Crippen LogP contribution in [0.5, 0.6) is 0 Å². The molecule has 0 unspecified atom stereocenters. The number of rotatable bonds is 26. The number of aliphatic hydroxyl groups is 1. The van der Waals surface area contributed by atoms with Crippen LogP contribution in [0.4, 0.5) is 24.5 Å². The number of thiazole rings is 1. The Labute approximate surface area is 427 Å². The minimum atomic E-state index is -1.33. The molecular weight excluding hydrogens is 1060 g/mol. The lowest BCUT2D eigenvalue weighted by atomic mass is 9.91. The molecule has 16 nitrogen and oxygen atoms in total. The van der Waals surface area contributed by atoms with Crippen LogP contribution in [-0.2, 0) is 28.7 Å². The molecular formula is C50H59F3IN7O9S. The van der Waals surface area contributed by atoms with Gasteiger partial charge in [-0.3, -0.25) is 24.0 Å². The van der Waals surface area contributed by atoms with E-state index in [1.165, 1.54) is 28.4 Å². The molecule has 2 aromatic heterocycles. The van der Waals surface area contributed by atoms with Gasteiger partial charge in [0.25, 0.3) is 5.91 Å². The second kappa shape index (κ2) is 26.8. The van der Waals surface area contributed by atoms with Crippen LogP contribution >= 0.6 is 33.9 Å². The lowest BCUT2D eigenvalue weighted by molar-refractivity contribution is -0.141. The van der Waals surface area contributed by atoms with Crippen molar-refractivity contribution in [2.45, 2.75) is 90.3 Å². The molecule has 0 aliphatic carbocycles. The van der Waals surface area contributed by atoms with E-state index in [1.54, 1.807) is 24.6 Å². The number of unbranched alkanes of at least 4 members (excludes halogenated alkanes) is 3. The number of anilines is 2. The lowest BCUT2D eigenvalue weighted by Crippen LogP contribution is -2.49. The third-order valence-corrected chi connectivity index (χ3v) is 13.3. The fourth-order valence-corrected chi connectivity index (χ4v) is 9.31. The van der Waals surface area contributed by atoms with Crippen molar-refractivity contribution in [3.8, 4) is 10.4 Å². The normalized spacial score (nSPS) is 15.4. The maximum absolute atomic E-state index is 14.7. The van der Waals surface area contributed by atoms with Gasteiger partial charge in [0.15, 0.2) is 11.6 Å². The molecule has 0 spiro atoms. The van der Waals surface area contributed by atoms with Crippen LogP contribution in [0, 0.1) is 40.8 Å². The number of ether oxygens (including phenoxy) is 2. The first-order valence-electron chi connectivity index (χ1n) is 23.4. The van der Waals surface area contributed by atoms with Gasteiger partial charge in [0, 0.05) is 35.8 Å². The molecule has 1 saturated heterocycles. The second-order valence-corrected chi connectivity index (χ2v) is 19.5. The third kappa shape index (κ3) is 15.5. The molecule has 0 saturated carbocycles. The predicted molar refractivity (Wildman–Crippen MR) is 268 cm³/mol. The van der Waals surface area contributed by atoms with E-state index < -0.39 is 59.1 Å². The first-order valence-corrected chi connectivity index (χ1v) is 25.3. The van der Waals surface area contributed by atoms with E-state index in [1.807, 2.05) is 67.6 Å². The first kappa shape index (κ1) is 54.9. The van der Waals surface area contributed by atoms with Crippen molar-refractivity contribution in [1.29, 1.82) is 0 Å². The number of amides is 4. The van der Waals surface area contributed by atoms with Gasteiger partial charge in [-0.1, -0.05) is 56.1 Å². The Kier molecular flexibility index (Phi) is 20.7. The minimum absolute atomic E-state index is 0.0248. The number of β-amino-alcohol motifs (C(OH)–C–C–N with tert-alkyl or cyclic N) is 1. The fourth-order valence-electron chi connectivity index (χ4n) is 8.05. The average molecular weight is 1120 g/mol. The number of carbonyl (C=O) groups excluding carboxylic acids is 4. The number of nitrogens with zero attached hydrogens (tertiary/aromatic N) is 3. The molecule has 3 heterocycles. The van der Waals surface area contributed by atoms with E-state index in [2.05, 4.69) is 31.6 Å². The van der Waals surface area contributed by atoms with Gasteiger partial charge in [-0.15, -0.1) is 11.3 Å². The SMILES string of the molecule is Cc1cc([C@H](C(=O)N2C[C@H](O)C[C@H]2C(=O)N[C@@H](CC(=O)NCCOCCOCCCCCCONC(=O)c2ccc(F)c(F)c2Nc2ccc(I)cc2F)c2ccc(-c3scnc3C)cc2)C(C)C)on1. The van der Waals surface area contributed by atoms with Crippen LogP contribution in [-0.4, -0.2) is 102 Å². The Morgan fingerprint density at radius 3 is 2.32 bits per heavy atom. The molecule has 21 heteroatoms. The van der Waals surface area contributed by atoms with Gasteiger partial charge in [-0.2, -0.15) is 0 Å². The summed E-state index contributed by atoms with van der Waals surface area (Å²) in [7, 11) is 0. The number of aliphatic hydroxyl groups excluding tert-OH is 1. The summed E-state index contributed by atoms with van der Waals surface area (Å²) >= 11 is 3.43. The molecule has 0 bridgehead atoms. The Morgan fingerprint density at radius 1 is 0.915 bits per heavy atom. The Balaban J connectivity index is 0.887. The number of benzene rings is 3. The number of carbonyl (C=O) groups is 4. The summed E-state index contributed by atoms with van der Waals surface area (Å²) in [6.45, 7) is 9.18. The number of nitrogens with one attached hydrogen (secondary N) is 4. The predicted octanol–water partition coefficient (Wildman–Crippen LogP) is 8.20. The van der Waals surface area contributed by atoms with Crippen LogP contribution in [0.2, 0.25) is 0 Å². The molecule has 6 rings (SSSR count). The van der Waals surface area contributed by atoms with Crippen LogP contribution in [0.25, 0.3) is 10.4 Å². The molecule has 0 radical (unpaired) electrons. The quantitative estimate of drug-likeness (QED) is 0.0202. The number of hydrogen-bond donors (Lipinski definition) is 5. The molecule has 3 aromatic carbocycles. The van der Waals surface area contributed by atoms with Crippen LogP contribution in [0.3, 0.4) is 0 Å². The van der Waals surface area contributed by atoms with E-state index in [0.29, 0.717) is 46.8 Å². The second-order valence-electron chi connectivity index (χ2n) is 17.4. The van der Waals surface area contributed by atoms with Crippen molar-refractivity contribution in [3.05, 3.63) is 115 Å². The van der Waals surface area contributed by atoms with Gasteiger partial charge >= 0.3 is 0 Å². The Hall–Kier alpha value is -5.46. The number of hydroxylamine groups is 1. The summed E-state index contributed by atoms with van der Waals surface area (Å²) in [6.07, 6.45) is 1.98. The standard InChI is InChI=1S/C50H59F3IN7O9S/c1-29(2)44(42-23-30(3)59-70-42)50(66)61-27-35(62)25-41(61)49(65)58-40(32-9-11-33(12-10-32)47-31(4)56-28-71-47)26-43(63)55-17-20-68-22-21-67-18-7-5-6-8-19-69-60-48(64)36-14-15-37(51)45(53)46(36)57-39-16-13-34(54)24-38(39)52/h9-16,23-24,28-29,35,40-41,44,57,62H,5-8,17-22,25-27H2,1-4H3,(H,55,63)(H,58,65)(H,60,64)/t35-,40+,41+,44-/m1/s1. The number of hydrogen-bond acceptors (Lipinski definition) is 13. The van der Waals surface area contributed by atoms with E-state index in [0.717, 1.165) is 47.5 Å². The summed E-state index contributed by atoms with van der Waals surface area (Å²) < 4.78 is 60.5. The van der Waals surface area contributed by atoms with E-state index >= 15 is 0 Å². The third-order valence-electron chi connectivity index (χ3n) is 11.7. The number of likely N-dealkylation sites (tertiary alicyclic amines) is 1. The summed E-state index contributed by atoms with van der Waals surface area (Å²) in [6, 6.07) is 13.6. The van der Waals surface area contributed by atoms with Gasteiger partial charge < -0.3 is 40.0 Å². The molecule has 1 aliphatic heterocycles. The van der Waals surface area contributed by atoms with Crippen LogP contribution in [0.15, 0.2) is 70.7 Å². The summed E-state index contributed by atoms with van der Waals surface area (Å²) in [5.74, 6) is -5.73. The zero-order valence-corrected chi connectivity index (χ0v) is 42.9. The number of aromatic nitrogens is 2. The highest BCUT2D eigenvalue weighted by molar-refractivity contribution is 14.1. The molecule has 4 amide bonds. The average Bonchev–Trinajstić information content (AvgIpc) is 4.08. The monoisotopic (exact) mass is 1120 g/mol. The smallest absolute Gasteiger partial charge is 0.277 e. The van der Waals surface area contributed by atoms with Crippen molar-refractivity contribution in [2.75, 3.05) is 51.4 Å². The minimum Gasteiger partial charge on any atom is -0.391 e. The van der Waals surface area contributed by atoms with Crippen LogP contribution < -0.4 is 21.4 Å². The number of halogens is 4. The highest BCUT2D eigenvalue weighted by Gasteiger charge is 2.44. The summed E-state index contributed by atoms with van der Waals surface area (Å²) in [5.41, 5.74) is 6.25. The highest BCUT2D eigenvalue weighted by atomic mass is 127. The van der Waals surface area contributed by atoms with Gasteiger partial charge in [0.05, 0.1) is 83.7 Å². The van der Waals surface area contributed by atoms with Gasteiger partial charge in [-0.05, 0) is 96.7 Å². The zero-order chi connectivity index (χ0) is 51.0. The van der Waals surface area contributed by atoms with Gasteiger partial charge in [0.1, 0.15) is 23.5 Å². The van der Waals surface area contributed by atoms with Crippen molar-refractivity contribution in [1.82, 2.24) is 31.2 Å². The van der Waals surface area contributed by atoms with Crippen molar-refractivity contribution in [2.24, 2.45) is 5.92 Å². The Morgan fingerprint density at radius 2 is 1.65 bits per heavy atom. The molecule has 1 aliphatic rings. The van der Waals surface area contributed by atoms with E-state index in [-0.39, 0.29) is 68.1 Å². The fraction of sp³-hybridized carbons (Fsp3) is 0.440. The molecule has 5 N–H and O–H groups in total. The largest absolute Gasteiger partial charge is 0.391 e. The molecule has 382 valence electrons. The first-order chi connectivity index (χ1) is 34.1. The van der Waals surface area contributed by atoms with Crippen molar-refractivity contribution < 1.29 is 56.3 Å². The maximum Gasteiger partial charge on any atom is 0.277 e. The van der Waals surface area contributed by atoms with Crippen molar-refractivity contribution >= 4 is 68.9 Å². The van der Waals surface area contributed by atoms with E-state index in [4.69, 9.17) is 18.8 Å². The molecule has 71 heavy (non-hydrogen) atoms.